The minimum Gasteiger partial charge on any atom is -0.379 e. The normalized spacial score (nSPS) is 23.1. The standard InChI is InChI=1S/C19H39NO3/c1-7-18(15(2)3)20-8-9-22-16-12-17(13-16)23-11-10-21-14-19(4,5)6/h15-18,20H,7-14H2,1-6H3. The molecule has 1 rings (SSSR count). The van der Waals surface area contributed by atoms with Crippen LogP contribution in [0.3, 0.4) is 0 Å². The predicted octanol–water partition coefficient (Wildman–Crippen LogP) is 3.64. The van der Waals surface area contributed by atoms with Crippen LogP contribution in [0.15, 0.2) is 0 Å². The lowest BCUT2D eigenvalue weighted by molar-refractivity contribution is -0.110. The highest BCUT2D eigenvalue weighted by Crippen LogP contribution is 2.26. The summed E-state index contributed by atoms with van der Waals surface area (Å²) in [6.07, 6.45) is 3.98. The average Bonchev–Trinajstić information content (AvgIpc) is 2.40. The average molecular weight is 330 g/mol. The van der Waals surface area contributed by atoms with E-state index < -0.39 is 0 Å². The molecule has 0 aromatic heterocycles. The first-order valence-corrected chi connectivity index (χ1v) is 9.36. The van der Waals surface area contributed by atoms with Crippen molar-refractivity contribution in [2.75, 3.05) is 33.0 Å². The topological polar surface area (TPSA) is 39.7 Å². The molecule has 0 radical (unpaired) electrons. The van der Waals surface area contributed by atoms with Crippen molar-refractivity contribution in [3.8, 4) is 0 Å². The van der Waals surface area contributed by atoms with Crippen molar-refractivity contribution in [2.45, 2.75) is 79.1 Å². The molecule has 4 nitrogen and oxygen atoms in total. The van der Waals surface area contributed by atoms with Gasteiger partial charge in [0.1, 0.15) is 0 Å². The molecule has 138 valence electrons. The van der Waals surface area contributed by atoms with Crippen LogP contribution in [0, 0.1) is 11.3 Å². The molecule has 0 aromatic rings. The van der Waals surface area contributed by atoms with Crippen molar-refractivity contribution in [3.05, 3.63) is 0 Å². The van der Waals surface area contributed by atoms with Gasteiger partial charge in [-0.15, -0.1) is 0 Å². The van der Waals surface area contributed by atoms with Crippen molar-refractivity contribution in [2.24, 2.45) is 11.3 Å². The van der Waals surface area contributed by atoms with Crippen LogP contribution in [0.2, 0.25) is 0 Å². The molecule has 1 unspecified atom stereocenters. The summed E-state index contributed by atoms with van der Waals surface area (Å²) in [5.41, 5.74) is 0.232. The minimum absolute atomic E-state index is 0.232. The minimum atomic E-state index is 0.232. The molecule has 0 saturated heterocycles. The Hall–Kier alpha value is -0.160. The molecular weight excluding hydrogens is 290 g/mol. The summed E-state index contributed by atoms with van der Waals surface area (Å²) in [5.74, 6) is 0.682. The Morgan fingerprint density at radius 2 is 1.61 bits per heavy atom. The summed E-state index contributed by atoms with van der Waals surface area (Å²) in [4.78, 5) is 0. The Morgan fingerprint density at radius 1 is 1.00 bits per heavy atom. The van der Waals surface area contributed by atoms with E-state index in [0.717, 1.165) is 32.6 Å². The maximum absolute atomic E-state index is 5.88. The lowest BCUT2D eigenvalue weighted by atomic mass is 9.92. The summed E-state index contributed by atoms with van der Waals surface area (Å²) < 4.78 is 17.3. The fraction of sp³-hybridized carbons (Fsp3) is 1.00. The third-order valence-corrected chi connectivity index (χ3v) is 4.27. The number of hydrogen-bond donors (Lipinski definition) is 1. The molecule has 1 aliphatic rings. The number of hydrogen-bond acceptors (Lipinski definition) is 4. The third kappa shape index (κ3) is 9.65. The molecule has 0 heterocycles. The van der Waals surface area contributed by atoms with Gasteiger partial charge in [0.2, 0.25) is 0 Å². The monoisotopic (exact) mass is 329 g/mol. The molecule has 1 aliphatic carbocycles. The van der Waals surface area contributed by atoms with E-state index in [4.69, 9.17) is 14.2 Å². The van der Waals surface area contributed by atoms with Crippen LogP contribution >= 0.6 is 0 Å². The van der Waals surface area contributed by atoms with Gasteiger partial charge in [-0.2, -0.15) is 0 Å². The van der Waals surface area contributed by atoms with Crippen molar-refractivity contribution in [1.29, 1.82) is 0 Å². The highest BCUT2D eigenvalue weighted by molar-refractivity contribution is 4.81. The highest BCUT2D eigenvalue weighted by atomic mass is 16.5. The molecule has 4 heteroatoms. The van der Waals surface area contributed by atoms with Crippen LogP contribution in [0.1, 0.15) is 60.8 Å². The van der Waals surface area contributed by atoms with E-state index in [9.17, 15) is 0 Å². The summed E-state index contributed by atoms with van der Waals surface area (Å²) in [6, 6.07) is 0.601. The summed E-state index contributed by atoms with van der Waals surface area (Å²) >= 11 is 0. The van der Waals surface area contributed by atoms with Crippen molar-refractivity contribution >= 4 is 0 Å². The Balaban J connectivity index is 1.91. The predicted molar refractivity (Wildman–Crippen MR) is 95.9 cm³/mol. The second-order valence-electron chi connectivity index (χ2n) is 8.28. The van der Waals surface area contributed by atoms with Gasteiger partial charge in [0.25, 0.3) is 0 Å². The van der Waals surface area contributed by atoms with Crippen molar-refractivity contribution in [1.82, 2.24) is 5.32 Å². The van der Waals surface area contributed by atoms with E-state index in [1.54, 1.807) is 0 Å². The molecule has 1 atom stereocenters. The highest BCUT2D eigenvalue weighted by Gasteiger charge is 2.30. The van der Waals surface area contributed by atoms with Gasteiger partial charge < -0.3 is 19.5 Å². The van der Waals surface area contributed by atoms with Gasteiger partial charge in [0, 0.05) is 12.6 Å². The summed E-state index contributed by atoms with van der Waals surface area (Å²) in [7, 11) is 0. The molecule has 0 amide bonds. The fourth-order valence-corrected chi connectivity index (χ4v) is 2.76. The largest absolute Gasteiger partial charge is 0.379 e. The molecule has 0 aromatic carbocycles. The second-order valence-corrected chi connectivity index (χ2v) is 8.28. The molecule has 23 heavy (non-hydrogen) atoms. The molecule has 1 fully saturated rings. The van der Waals surface area contributed by atoms with Crippen LogP contribution in [-0.4, -0.2) is 51.2 Å². The first kappa shape index (κ1) is 20.9. The van der Waals surface area contributed by atoms with Gasteiger partial charge in [-0.05, 0) is 30.6 Å². The van der Waals surface area contributed by atoms with Crippen LogP contribution < -0.4 is 5.32 Å². The molecule has 0 aliphatic heterocycles. The van der Waals surface area contributed by atoms with Crippen LogP contribution in [0.4, 0.5) is 0 Å². The maximum atomic E-state index is 5.88. The molecular formula is C19H39NO3. The number of ether oxygens (including phenoxy) is 3. The van der Waals surface area contributed by atoms with Gasteiger partial charge in [-0.3, -0.25) is 0 Å². The van der Waals surface area contributed by atoms with Crippen LogP contribution in [0.5, 0.6) is 0 Å². The van der Waals surface area contributed by atoms with Gasteiger partial charge in [-0.1, -0.05) is 41.5 Å². The van der Waals surface area contributed by atoms with Crippen LogP contribution in [0.25, 0.3) is 0 Å². The Bertz CT molecular complexity index is 295. The molecule has 1 saturated carbocycles. The van der Waals surface area contributed by atoms with Gasteiger partial charge in [-0.25, -0.2) is 0 Å². The van der Waals surface area contributed by atoms with E-state index >= 15 is 0 Å². The zero-order valence-electron chi connectivity index (χ0n) is 16.2. The van der Waals surface area contributed by atoms with E-state index in [0.29, 0.717) is 37.4 Å². The smallest absolute Gasteiger partial charge is 0.0704 e. The molecule has 0 spiro atoms. The Morgan fingerprint density at radius 3 is 2.13 bits per heavy atom. The summed E-state index contributed by atoms with van der Waals surface area (Å²) in [5, 5.41) is 3.57. The number of rotatable bonds is 12. The van der Waals surface area contributed by atoms with E-state index in [2.05, 4.69) is 46.9 Å². The SMILES string of the molecule is CCC(NCCOC1CC(OCCOCC(C)(C)C)C1)C(C)C. The van der Waals surface area contributed by atoms with Gasteiger partial charge in [0.05, 0.1) is 38.6 Å². The maximum Gasteiger partial charge on any atom is 0.0704 e. The van der Waals surface area contributed by atoms with Gasteiger partial charge in [0.15, 0.2) is 0 Å². The Kier molecular flexibility index (Phi) is 9.67. The lowest BCUT2D eigenvalue weighted by Crippen LogP contribution is -2.41. The van der Waals surface area contributed by atoms with Crippen molar-refractivity contribution in [3.63, 3.8) is 0 Å². The summed E-state index contributed by atoms with van der Waals surface area (Å²) in [6.45, 7) is 17.2. The first-order chi connectivity index (χ1) is 10.8. The number of nitrogens with one attached hydrogen (secondary N) is 1. The third-order valence-electron chi connectivity index (χ3n) is 4.27. The zero-order chi connectivity index (χ0) is 17.3. The van der Waals surface area contributed by atoms with Gasteiger partial charge >= 0.3 is 0 Å². The molecule has 0 bridgehead atoms. The van der Waals surface area contributed by atoms with Crippen LogP contribution in [-0.2, 0) is 14.2 Å². The zero-order valence-corrected chi connectivity index (χ0v) is 16.2. The quantitative estimate of drug-likeness (QED) is 0.555. The van der Waals surface area contributed by atoms with E-state index in [-0.39, 0.29) is 5.41 Å². The first-order valence-electron chi connectivity index (χ1n) is 9.36. The Labute approximate surface area is 143 Å². The van der Waals surface area contributed by atoms with E-state index in [1.165, 1.54) is 6.42 Å². The van der Waals surface area contributed by atoms with E-state index in [1.807, 2.05) is 0 Å². The van der Waals surface area contributed by atoms with Crippen molar-refractivity contribution < 1.29 is 14.2 Å². The lowest BCUT2D eigenvalue weighted by Gasteiger charge is -2.35. The molecule has 1 N–H and O–H groups in total. The second kappa shape index (κ2) is 10.7. The fourth-order valence-electron chi connectivity index (χ4n) is 2.76.